The zero-order chi connectivity index (χ0) is 38.8. The Morgan fingerprint density at radius 3 is 2.20 bits per heavy atom. The van der Waals surface area contributed by atoms with E-state index >= 15 is 0 Å². The van der Waals surface area contributed by atoms with E-state index in [1.54, 1.807) is 36.4 Å². The fraction of sp³-hybridized carbons (Fsp3) is 0.222. The number of nitro groups is 1. The lowest BCUT2D eigenvalue weighted by Crippen LogP contribution is -2.54. The maximum Gasteiger partial charge on any atom is 0.269 e. The Balaban J connectivity index is 1.32. The first-order valence-corrected chi connectivity index (χ1v) is 19.8. The van der Waals surface area contributed by atoms with Crippen molar-refractivity contribution in [2.45, 2.75) is 22.3 Å². The molecule has 0 aliphatic carbocycles. The smallest absolute Gasteiger partial charge is 0.269 e. The molecule has 1 aliphatic heterocycles. The first-order valence-electron chi connectivity index (χ1n) is 16.4. The molecule has 0 spiro atoms. The average Bonchev–Trinajstić information content (AvgIpc) is 3.15. The molecule has 18 heteroatoms. The van der Waals surface area contributed by atoms with Crippen molar-refractivity contribution in [2.75, 3.05) is 39.5 Å². The number of rotatable bonds is 12. The molecule has 0 saturated carbocycles. The predicted octanol–water partition coefficient (Wildman–Crippen LogP) is 2.64. The van der Waals surface area contributed by atoms with Gasteiger partial charge in [-0.3, -0.25) is 29.1 Å². The third-order valence-electron chi connectivity index (χ3n) is 8.86. The minimum atomic E-state index is -4.17. The molecule has 0 bridgehead atoms. The first kappa shape index (κ1) is 37.8. The molecule has 6 rings (SSSR count). The Hall–Kier alpha value is -5.98. The molecule has 1 aliphatic rings. The maximum atomic E-state index is 14.2. The number of ether oxygens (including phenoxy) is 1. The van der Waals surface area contributed by atoms with Crippen LogP contribution in [-0.2, 0) is 35.9 Å². The molecule has 5 aromatic rings. The molecule has 2 amide bonds. The van der Waals surface area contributed by atoms with Crippen molar-refractivity contribution in [3.8, 4) is 11.4 Å². The minimum Gasteiger partial charge on any atom is -0.497 e. The predicted molar refractivity (Wildman–Crippen MR) is 196 cm³/mol. The number of nitro benzene ring substituents is 1. The summed E-state index contributed by atoms with van der Waals surface area (Å²) in [5.74, 6) is -0.657. The zero-order valence-electron chi connectivity index (χ0n) is 29.0. The Labute approximate surface area is 309 Å². The molecular weight excluding hydrogens is 741 g/mol. The summed E-state index contributed by atoms with van der Waals surface area (Å²) in [6.07, 6.45) is 1.18. The van der Waals surface area contributed by atoms with Crippen LogP contribution in [0, 0.1) is 10.1 Å². The van der Waals surface area contributed by atoms with E-state index in [-0.39, 0.29) is 51.7 Å². The maximum absolute atomic E-state index is 14.2. The normalized spacial score (nSPS) is 14.5. The number of sulfonamides is 1. The molecule has 1 atom stereocenters. The lowest BCUT2D eigenvalue weighted by Gasteiger charge is -2.33. The molecule has 1 fully saturated rings. The van der Waals surface area contributed by atoms with Gasteiger partial charge in [-0.1, -0.05) is 30.3 Å². The Kier molecular flexibility index (Phi) is 10.6. The number of piperazine rings is 1. The van der Waals surface area contributed by atoms with Gasteiger partial charge >= 0.3 is 0 Å². The van der Waals surface area contributed by atoms with Crippen LogP contribution in [-0.4, -0.2) is 91.9 Å². The van der Waals surface area contributed by atoms with Crippen molar-refractivity contribution in [1.29, 1.82) is 0 Å². The standard InChI is InChI=1S/C36H34N6O10S2/c1-52-27-12-8-25(9-13-27)41-35(38-31-21-29(53(2,48)49)16-17-30(31)36(41)45)32(20-24-6-4-3-5-7-24)37-33(43)22-39-18-19-40(23-34(39)44)54(50,51)28-14-10-26(11-15-28)42(46)47/h3-17,21,32H,18-20,22-23H2,1-2H3,(H,37,43)/t32-/m0/s1. The van der Waals surface area contributed by atoms with Gasteiger partial charge in [0.15, 0.2) is 9.84 Å². The van der Waals surface area contributed by atoms with Gasteiger partial charge in [-0.15, -0.1) is 0 Å². The summed E-state index contributed by atoms with van der Waals surface area (Å²) >= 11 is 0. The molecule has 1 N–H and O–H groups in total. The van der Waals surface area contributed by atoms with Gasteiger partial charge in [0.25, 0.3) is 11.2 Å². The van der Waals surface area contributed by atoms with Gasteiger partial charge in [0.1, 0.15) is 11.6 Å². The number of sulfone groups is 1. The highest BCUT2D eigenvalue weighted by Crippen LogP contribution is 2.25. The molecule has 54 heavy (non-hydrogen) atoms. The number of benzene rings is 4. The van der Waals surface area contributed by atoms with Gasteiger partial charge in [0.2, 0.25) is 21.8 Å². The van der Waals surface area contributed by atoms with Gasteiger partial charge in [-0.05, 0) is 66.6 Å². The summed E-state index contributed by atoms with van der Waals surface area (Å²) in [4.78, 5) is 57.3. The Bertz CT molecular complexity index is 2530. The highest BCUT2D eigenvalue weighted by Gasteiger charge is 2.34. The molecule has 2 heterocycles. The number of carbonyl (C=O) groups is 2. The van der Waals surface area contributed by atoms with Crippen LogP contribution in [0.1, 0.15) is 17.4 Å². The fourth-order valence-corrected chi connectivity index (χ4v) is 8.07. The second-order valence-electron chi connectivity index (χ2n) is 12.5. The van der Waals surface area contributed by atoms with E-state index in [1.807, 2.05) is 18.2 Å². The van der Waals surface area contributed by atoms with Crippen LogP contribution in [0.25, 0.3) is 16.6 Å². The van der Waals surface area contributed by atoms with Gasteiger partial charge in [-0.25, -0.2) is 21.8 Å². The highest BCUT2D eigenvalue weighted by atomic mass is 32.2. The van der Waals surface area contributed by atoms with E-state index in [4.69, 9.17) is 9.72 Å². The molecular formula is C36H34N6O10S2. The van der Waals surface area contributed by atoms with Crippen molar-refractivity contribution >= 4 is 48.3 Å². The number of nitrogens with zero attached hydrogens (tertiary/aromatic N) is 5. The summed E-state index contributed by atoms with van der Waals surface area (Å²) in [6, 6.07) is 23.0. The van der Waals surface area contributed by atoms with E-state index < -0.39 is 61.3 Å². The molecule has 16 nitrogen and oxygen atoms in total. The summed E-state index contributed by atoms with van der Waals surface area (Å²) in [5.41, 5.74) is 0.447. The van der Waals surface area contributed by atoms with Crippen LogP contribution in [0.5, 0.6) is 5.75 Å². The SMILES string of the molecule is COc1ccc(-n2c([C@H](Cc3ccccc3)NC(=O)CN3CCN(S(=O)(=O)c4ccc([N+](=O)[O-])cc4)CC3=O)nc3cc(S(C)(=O)=O)ccc3c2=O)cc1. The van der Waals surface area contributed by atoms with Gasteiger partial charge < -0.3 is 15.0 Å². The topological polar surface area (TPSA) is 208 Å². The molecule has 0 radical (unpaired) electrons. The van der Waals surface area contributed by atoms with Crippen LogP contribution in [0.15, 0.2) is 112 Å². The van der Waals surface area contributed by atoms with Crippen molar-refractivity contribution in [2.24, 2.45) is 0 Å². The Morgan fingerprint density at radius 2 is 1.59 bits per heavy atom. The van der Waals surface area contributed by atoms with Crippen LogP contribution in [0.3, 0.4) is 0 Å². The van der Waals surface area contributed by atoms with Crippen molar-refractivity contribution in [3.63, 3.8) is 0 Å². The van der Waals surface area contributed by atoms with Crippen LogP contribution < -0.4 is 15.6 Å². The lowest BCUT2D eigenvalue weighted by molar-refractivity contribution is -0.384. The first-order chi connectivity index (χ1) is 25.6. The molecule has 1 saturated heterocycles. The van der Waals surface area contributed by atoms with E-state index in [9.17, 15) is 41.3 Å². The van der Waals surface area contributed by atoms with E-state index in [0.29, 0.717) is 11.4 Å². The summed E-state index contributed by atoms with van der Waals surface area (Å²) in [6.45, 7) is -1.28. The number of amides is 2. The average molecular weight is 775 g/mol. The third-order valence-corrected chi connectivity index (χ3v) is 11.8. The van der Waals surface area contributed by atoms with E-state index in [2.05, 4.69) is 5.32 Å². The fourth-order valence-electron chi connectivity index (χ4n) is 6.05. The molecule has 1 aromatic heterocycles. The number of methoxy groups -OCH3 is 1. The van der Waals surface area contributed by atoms with Gasteiger partial charge in [0, 0.05) is 31.5 Å². The summed E-state index contributed by atoms with van der Waals surface area (Å²) < 4.78 is 58.9. The van der Waals surface area contributed by atoms with Crippen LogP contribution >= 0.6 is 0 Å². The van der Waals surface area contributed by atoms with E-state index in [1.165, 1.54) is 34.8 Å². The lowest BCUT2D eigenvalue weighted by atomic mass is 10.0. The summed E-state index contributed by atoms with van der Waals surface area (Å²) in [5, 5.41) is 14.1. The van der Waals surface area contributed by atoms with Crippen LogP contribution in [0.4, 0.5) is 5.69 Å². The monoisotopic (exact) mass is 774 g/mol. The number of hydrogen-bond acceptors (Lipinski definition) is 11. The highest BCUT2D eigenvalue weighted by molar-refractivity contribution is 7.90. The van der Waals surface area contributed by atoms with Crippen molar-refractivity contribution in [3.05, 3.63) is 129 Å². The number of fused-ring (bicyclic) bond motifs is 1. The van der Waals surface area contributed by atoms with Crippen molar-refractivity contribution < 1.29 is 36.1 Å². The number of hydrogen-bond donors (Lipinski definition) is 1. The molecule has 280 valence electrons. The largest absolute Gasteiger partial charge is 0.497 e. The molecule has 4 aromatic carbocycles. The van der Waals surface area contributed by atoms with Crippen LogP contribution in [0.2, 0.25) is 0 Å². The zero-order valence-corrected chi connectivity index (χ0v) is 30.6. The second kappa shape index (κ2) is 15.2. The number of carbonyl (C=O) groups excluding carboxylic acids is 2. The Morgan fingerprint density at radius 1 is 0.926 bits per heavy atom. The number of aromatic nitrogens is 2. The summed E-state index contributed by atoms with van der Waals surface area (Å²) in [7, 11) is -6.34. The number of non-ortho nitro benzene ring substituents is 1. The minimum absolute atomic E-state index is 0.0491. The third kappa shape index (κ3) is 7.99. The molecule has 0 unspecified atom stereocenters. The van der Waals surface area contributed by atoms with Gasteiger partial charge in [0.05, 0.1) is 57.5 Å². The van der Waals surface area contributed by atoms with Crippen molar-refractivity contribution in [1.82, 2.24) is 24.1 Å². The van der Waals surface area contributed by atoms with E-state index in [0.717, 1.165) is 40.4 Å². The quantitative estimate of drug-likeness (QED) is 0.144. The van der Waals surface area contributed by atoms with Gasteiger partial charge in [-0.2, -0.15) is 4.31 Å². The number of nitrogens with one attached hydrogen (secondary N) is 1. The second-order valence-corrected chi connectivity index (χ2v) is 16.4.